The number of hydrogen-bond donors (Lipinski definition) is 1. The molecule has 4 heteroatoms. The molecule has 1 atom stereocenters. The van der Waals surface area contributed by atoms with Gasteiger partial charge in [0.1, 0.15) is 5.82 Å². The third-order valence-electron chi connectivity index (χ3n) is 4.10. The number of hydrogen-bond acceptors (Lipinski definition) is 3. The van der Waals surface area contributed by atoms with E-state index in [1.165, 1.54) is 0 Å². The summed E-state index contributed by atoms with van der Waals surface area (Å²) in [5, 5.41) is 3.67. The topological polar surface area (TPSA) is 39.1 Å². The maximum atomic E-state index is 6.19. The first-order valence-corrected chi connectivity index (χ1v) is 8.07. The summed E-state index contributed by atoms with van der Waals surface area (Å²) in [5.41, 5.74) is -0.178. The van der Waals surface area contributed by atoms with Gasteiger partial charge < -0.3 is 14.6 Å². The molecule has 20 heavy (non-hydrogen) atoms. The second-order valence-electron chi connectivity index (χ2n) is 5.16. The summed E-state index contributed by atoms with van der Waals surface area (Å²) >= 11 is 0. The maximum absolute atomic E-state index is 6.19. The van der Waals surface area contributed by atoms with E-state index in [-0.39, 0.29) is 11.6 Å². The van der Waals surface area contributed by atoms with Gasteiger partial charge >= 0.3 is 0 Å². The molecule has 1 unspecified atom stereocenters. The van der Waals surface area contributed by atoms with Gasteiger partial charge in [-0.2, -0.15) is 0 Å². The molecule has 0 bridgehead atoms. The minimum atomic E-state index is -0.178. The summed E-state index contributed by atoms with van der Waals surface area (Å²) in [6.45, 7) is 13.5. The summed E-state index contributed by atoms with van der Waals surface area (Å²) in [4.78, 5) is 4.60. The van der Waals surface area contributed by atoms with Crippen molar-refractivity contribution in [2.45, 2.75) is 72.1 Å². The monoisotopic (exact) mass is 281 g/mol. The van der Waals surface area contributed by atoms with Gasteiger partial charge in [0, 0.05) is 25.5 Å². The van der Waals surface area contributed by atoms with E-state index in [1.54, 1.807) is 0 Å². The van der Waals surface area contributed by atoms with Crippen LogP contribution in [0.5, 0.6) is 0 Å². The van der Waals surface area contributed by atoms with Crippen LogP contribution in [0, 0.1) is 0 Å². The average molecular weight is 281 g/mol. The third kappa shape index (κ3) is 3.61. The number of nitrogens with one attached hydrogen (secondary N) is 1. The van der Waals surface area contributed by atoms with Gasteiger partial charge in [0.05, 0.1) is 11.6 Å². The fourth-order valence-corrected chi connectivity index (χ4v) is 2.88. The van der Waals surface area contributed by atoms with E-state index in [1.807, 2.05) is 6.20 Å². The van der Waals surface area contributed by atoms with Crippen molar-refractivity contribution in [3.63, 3.8) is 0 Å². The van der Waals surface area contributed by atoms with Gasteiger partial charge in [-0.1, -0.05) is 20.8 Å². The van der Waals surface area contributed by atoms with Gasteiger partial charge in [-0.25, -0.2) is 4.98 Å². The first kappa shape index (κ1) is 17.2. The second-order valence-corrected chi connectivity index (χ2v) is 5.16. The quantitative estimate of drug-likeness (QED) is 0.713. The van der Waals surface area contributed by atoms with Crippen LogP contribution in [0.1, 0.15) is 65.7 Å². The Balaban J connectivity index is 3.15. The highest BCUT2D eigenvalue weighted by molar-refractivity contribution is 5.08. The molecular weight excluding hydrogens is 250 g/mol. The predicted octanol–water partition coefficient (Wildman–Crippen LogP) is 3.54. The standard InChI is InChI=1S/C16H31N3O/c1-6-11-17-14(15-18-12-13-19(15)9-4)16(7-2,8-3)20-10-5/h12-14,17H,6-11H2,1-5H3. The van der Waals surface area contributed by atoms with Crippen molar-refractivity contribution in [2.75, 3.05) is 13.2 Å². The Bertz CT molecular complexity index is 372. The van der Waals surface area contributed by atoms with Crippen LogP contribution >= 0.6 is 0 Å². The van der Waals surface area contributed by atoms with Gasteiger partial charge in [-0.3, -0.25) is 0 Å². The fourth-order valence-electron chi connectivity index (χ4n) is 2.88. The summed E-state index contributed by atoms with van der Waals surface area (Å²) in [6.07, 6.45) is 7.02. The maximum Gasteiger partial charge on any atom is 0.128 e. The fraction of sp³-hybridized carbons (Fsp3) is 0.812. The van der Waals surface area contributed by atoms with E-state index in [9.17, 15) is 0 Å². The van der Waals surface area contributed by atoms with Crippen LogP contribution in [0.15, 0.2) is 12.4 Å². The third-order valence-corrected chi connectivity index (χ3v) is 4.10. The highest BCUT2D eigenvalue weighted by Gasteiger charge is 2.39. The van der Waals surface area contributed by atoms with E-state index < -0.39 is 0 Å². The molecule has 0 amide bonds. The lowest BCUT2D eigenvalue weighted by molar-refractivity contribution is -0.0758. The highest BCUT2D eigenvalue weighted by Crippen LogP contribution is 2.34. The van der Waals surface area contributed by atoms with E-state index >= 15 is 0 Å². The van der Waals surface area contributed by atoms with Gasteiger partial charge in [-0.15, -0.1) is 0 Å². The average Bonchev–Trinajstić information content (AvgIpc) is 2.94. The van der Waals surface area contributed by atoms with Gasteiger partial charge in [0.15, 0.2) is 0 Å². The molecule has 0 saturated carbocycles. The SMILES string of the molecule is CCCNC(c1nccn1CC)C(CC)(CC)OCC. The van der Waals surface area contributed by atoms with E-state index in [0.717, 1.165) is 44.8 Å². The summed E-state index contributed by atoms with van der Waals surface area (Å²) in [7, 11) is 0. The Labute approximate surface area is 123 Å². The van der Waals surface area contributed by atoms with Crippen molar-refractivity contribution in [3.8, 4) is 0 Å². The van der Waals surface area contributed by atoms with Crippen LogP contribution in [0.3, 0.4) is 0 Å². The van der Waals surface area contributed by atoms with Crippen molar-refractivity contribution in [1.29, 1.82) is 0 Å². The van der Waals surface area contributed by atoms with Gasteiger partial charge in [0.2, 0.25) is 0 Å². The Morgan fingerprint density at radius 2 is 1.95 bits per heavy atom. The number of imidazole rings is 1. The molecule has 1 rings (SSSR count). The zero-order valence-corrected chi connectivity index (χ0v) is 13.8. The van der Waals surface area contributed by atoms with Gasteiger partial charge in [-0.05, 0) is 39.7 Å². The van der Waals surface area contributed by atoms with Crippen LogP contribution < -0.4 is 5.32 Å². The van der Waals surface area contributed by atoms with Gasteiger partial charge in [0.25, 0.3) is 0 Å². The lowest BCUT2D eigenvalue weighted by Gasteiger charge is -2.39. The molecule has 0 aromatic carbocycles. The van der Waals surface area contributed by atoms with Crippen molar-refractivity contribution < 1.29 is 4.74 Å². The molecule has 0 radical (unpaired) electrons. The summed E-state index contributed by atoms with van der Waals surface area (Å²) in [6, 6.07) is 0.146. The molecular formula is C16H31N3O. The number of aryl methyl sites for hydroxylation is 1. The van der Waals surface area contributed by atoms with Crippen LogP contribution in [-0.4, -0.2) is 28.3 Å². The summed E-state index contributed by atoms with van der Waals surface area (Å²) in [5.74, 6) is 1.10. The first-order valence-electron chi connectivity index (χ1n) is 8.07. The molecule has 1 N–H and O–H groups in total. The number of nitrogens with zero attached hydrogens (tertiary/aromatic N) is 2. The van der Waals surface area contributed by atoms with Crippen molar-refractivity contribution in [1.82, 2.24) is 14.9 Å². The zero-order chi connectivity index (χ0) is 15.0. The van der Waals surface area contributed by atoms with Crippen molar-refractivity contribution in [2.24, 2.45) is 0 Å². The van der Waals surface area contributed by atoms with E-state index in [2.05, 4.69) is 55.7 Å². The molecule has 1 aromatic rings. The normalized spacial score (nSPS) is 13.7. The number of rotatable bonds is 10. The van der Waals surface area contributed by atoms with Crippen LogP contribution in [0.2, 0.25) is 0 Å². The lowest BCUT2D eigenvalue weighted by Crippen LogP contribution is -2.47. The molecule has 1 aromatic heterocycles. The van der Waals surface area contributed by atoms with Crippen LogP contribution in [0.4, 0.5) is 0 Å². The molecule has 0 aliphatic heterocycles. The van der Waals surface area contributed by atoms with Crippen LogP contribution in [-0.2, 0) is 11.3 Å². The lowest BCUT2D eigenvalue weighted by atomic mass is 9.87. The number of aromatic nitrogens is 2. The second kappa shape index (κ2) is 8.42. The first-order chi connectivity index (χ1) is 9.68. The molecule has 116 valence electrons. The van der Waals surface area contributed by atoms with Crippen LogP contribution in [0.25, 0.3) is 0 Å². The Morgan fingerprint density at radius 3 is 2.45 bits per heavy atom. The number of ether oxygens (including phenoxy) is 1. The van der Waals surface area contributed by atoms with E-state index in [4.69, 9.17) is 4.74 Å². The zero-order valence-electron chi connectivity index (χ0n) is 13.8. The predicted molar refractivity (Wildman–Crippen MR) is 83.9 cm³/mol. The van der Waals surface area contributed by atoms with Crippen molar-refractivity contribution >= 4 is 0 Å². The largest absolute Gasteiger partial charge is 0.373 e. The summed E-state index contributed by atoms with van der Waals surface area (Å²) < 4.78 is 8.41. The van der Waals surface area contributed by atoms with Crippen molar-refractivity contribution in [3.05, 3.63) is 18.2 Å². The molecule has 0 spiro atoms. The Kier molecular flexibility index (Phi) is 7.24. The minimum absolute atomic E-state index is 0.146. The Hall–Kier alpha value is -0.870. The smallest absolute Gasteiger partial charge is 0.128 e. The molecule has 0 aliphatic carbocycles. The molecule has 1 heterocycles. The molecule has 0 saturated heterocycles. The molecule has 4 nitrogen and oxygen atoms in total. The Morgan fingerprint density at radius 1 is 1.25 bits per heavy atom. The van der Waals surface area contributed by atoms with E-state index in [0.29, 0.717) is 0 Å². The minimum Gasteiger partial charge on any atom is -0.373 e. The molecule has 0 fully saturated rings. The highest BCUT2D eigenvalue weighted by atomic mass is 16.5. The molecule has 0 aliphatic rings.